The Hall–Kier alpha value is -3.56. The molecule has 0 bridgehead atoms. The molecule has 2 heterocycles. The topological polar surface area (TPSA) is 120 Å². The fourth-order valence-electron chi connectivity index (χ4n) is 4.01. The molecule has 1 aliphatic rings. The zero-order chi connectivity index (χ0) is 26.4. The second kappa shape index (κ2) is 11.7. The smallest absolute Gasteiger partial charge is 0.341 e. The average Bonchev–Trinajstić information content (AvgIpc) is 3.33. The molecule has 0 saturated carbocycles. The number of esters is 1. The van der Waals surface area contributed by atoms with E-state index >= 15 is 0 Å². The molecule has 0 atom stereocenters. The van der Waals surface area contributed by atoms with E-state index in [0.29, 0.717) is 23.7 Å². The van der Waals surface area contributed by atoms with Gasteiger partial charge in [-0.2, -0.15) is 9.57 Å². The van der Waals surface area contributed by atoms with Crippen molar-refractivity contribution in [3.8, 4) is 16.5 Å². The molecule has 0 spiro atoms. The maximum absolute atomic E-state index is 13.0. The number of benzene rings is 2. The maximum atomic E-state index is 13.0. The van der Waals surface area contributed by atoms with Crippen LogP contribution in [-0.4, -0.2) is 68.8 Å². The number of anilines is 1. The minimum atomic E-state index is -3.82. The number of hydrogen-bond acceptors (Lipinski definition) is 8. The van der Waals surface area contributed by atoms with Crippen LogP contribution >= 0.6 is 11.3 Å². The molecule has 1 amide bonds. The van der Waals surface area contributed by atoms with E-state index in [1.165, 1.54) is 27.8 Å². The summed E-state index contributed by atoms with van der Waals surface area (Å²) in [7, 11) is -3.82. The third kappa shape index (κ3) is 6.06. The highest BCUT2D eigenvalue weighted by Gasteiger charge is 2.31. The van der Waals surface area contributed by atoms with Gasteiger partial charge >= 0.3 is 5.97 Å². The summed E-state index contributed by atoms with van der Waals surface area (Å²) in [6, 6.07) is 19.3. The first-order chi connectivity index (χ1) is 17.8. The largest absolute Gasteiger partial charge is 0.462 e. The lowest BCUT2D eigenvalue weighted by molar-refractivity contribution is -0.117. The summed E-state index contributed by atoms with van der Waals surface area (Å²) in [4.78, 5) is 28.1. The van der Waals surface area contributed by atoms with Gasteiger partial charge in [0.05, 0.1) is 29.2 Å². The molecule has 1 N–H and O–H groups in total. The first-order valence-corrected chi connectivity index (χ1v) is 14.0. The number of nitriles is 1. The number of nitrogens with zero attached hydrogens (tertiary/aromatic N) is 3. The van der Waals surface area contributed by atoms with Crippen molar-refractivity contribution in [2.24, 2.45) is 0 Å². The Morgan fingerprint density at radius 2 is 1.73 bits per heavy atom. The summed E-state index contributed by atoms with van der Waals surface area (Å²) in [6.45, 7) is 3.08. The molecule has 37 heavy (non-hydrogen) atoms. The molecule has 192 valence electrons. The third-order valence-electron chi connectivity index (χ3n) is 5.86. The Morgan fingerprint density at radius 3 is 2.41 bits per heavy atom. The van der Waals surface area contributed by atoms with Gasteiger partial charge in [0, 0.05) is 31.1 Å². The molecule has 0 unspecified atom stereocenters. The number of sulfonamides is 1. The van der Waals surface area contributed by atoms with Crippen molar-refractivity contribution in [3.63, 3.8) is 0 Å². The molecule has 9 nitrogen and oxygen atoms in total. The van der Waals surface area contributed by atoms with Crippen LogP contribution in [0, 0.1) is 11.3 Å². The van der Waals surface area contributed by atoms with Crippen LogP contribution in [0.15, 0.2) is 65.6 Å². The number of hydrogen-bond donors (Lipinski definition) is 1. The molecule has 0 radical (unpaired) electrons. The number of nitrogens with one attached hydrogen (secondary N) is 1. The highest BCUT2D eigenvalue weighted by Crippen LogP contribution is 2.36. The third-order valence-corrected chi connectivity index (χ3v) is 8.92. The van der Waals surface area contributed by atoms with Gasteiger partial charge in [0.2, 0.25) is 15.9 Å². The highest BCUT2D eigenvalue weighted by atomic mass is 32.2. The molecule has 0 aliphatic carbocycles. The van der Waals surface area contributed by atoms with Crippen LogP contribution in [0.25, 0.3) is 10.4 Å². The minimum absolute atomic E-state index is 0.0119. The zero-order valence-electron chi connectivity index (χ0n) is 20.2. The standard InChI is InChI=1S/C26H26N4O5S2/c1-2-35-26(32)21-16-22(19-8-4-3-5-9-19)36-25(21)28-24(31)18-29-12-14-30(15-13-29)37(33,34)23-11-7-6-10-20(23)17-27/h3-11,16H,2,12-15,18H2,1H3,(H,28,31). The van der Waals surface area contributed by atoms with Crippen LogP contribution in [-0.2, 0) is 19.6 Å². The molecule has 2 aromatic carbocycles. The Labute approximate surface area is 219 Å². The van der Waals surface area contributed by atoms with E-state index in [-0.39, 0.29) is 42.6 Å². The number of ether oxygens (including phenoxy) is 1. The Morgan fingerprint density at radius 1 is 1.05 bits per heavy atom. The van der Waals surface area contributed by atoms with Crippen molar-refractivity contribution in [1.82, 2.24) is 9.21 Å². The van der Waals surface area contributed by atoms with Crippen molar-refractivity contribution >= 4 is 38.2 Å². The number of carbonyl (C=O) groups excluding carboxylic acids is 2. The second-order valence-electron chi connectivity index (χ2n) is 8.28. The van der Waals surface area contributed by atoms with Gasteiger partial charge < -0.3 is 10.1 Å². The van der Waals surface area contributed by atoms with Crippen molar-refractivity contribution < 1.29 is 22.7 Å². The van der Waals surface area contributed by atoms with Gasteiger partial charge in [-0.1, -0.05) is 42.5 Å². The summed E-state index contributed by atoms with van der Waals surface area (Å²) in [5, 5.41) is 12.5. The number of piperazine rings is 1. The van der Waals surface area contributed by atoms with E-state index in [2.05, 4.69) is 5.32 Å². The molecule has 3 aromatic rings. The number of amides is 1. The van der Waals surface area contributed by atoms with Crippen molar-refractivity contribution in [3.05, 3.63) is 71.8 Å². The lowest BCUT2D eigenvalue weighted by Gasteiger charge is -2.33. The Balaban J connectivity index is 1.41. The van der Waals surface area contributed by atoms with E-state index in [1.54, 1.807) is 25.1 Å². The van der Waals surface area contributed by atoms with Crippen LogP contribution in [0.3, 0.4) is 0 Å². The van der Waals surface area contributed by atoms with Gasteiger partial charge in [0.1, 0.15) is 11.1 Å². The number of rotatable bonds is 8. The number of thiophene rings is 1. The number of carbonyl (C=O) groups is 2. The van der Waals surface area contributed by atoms with E-state index in [9.17, 15) is 23.3 Å². The highest BCUT2D eigenvalue weighted by molar-refractivity contribution is 7.89. The normalized spacial score (nSPS) is 14.6. The zero-order valence-corrected chi connectivity index (χ0v) is 21.8. The van der Waals surface area contributed by atoms with Crippen molar-refractivity contribution in [2.45, 2.75) is 11.8 Å². The fraction of sp³-hybridized carbons (Fsp3) is 0.269. The summed E-state index contributed by atoms with van der Waals surface area (Å²) < 4.78 is 32.6. The molecule has 4 rings (SSSR count). The lowest BCUT2D eigenvalue weighted by Crippen LogP contribution is -2.50. The van der Waals surface area contributed by atoms with Crippen LogP contribution in [0.1, 0.15) is 22.8 Å². The Bertz CT molecular complexity index is 1420. The lowest BCUT2D eigenvalue weighted by atomic mass is 10.1. The summed E-state index contributed by atoms with van der Waals surface area (Å²) in [6.07, 6.45) is 0. The fourth-order valence-corrected chi connectivity index (χ4v) is 6.64. The van der Waals surface area contributed by atoms with Gasteiger partial charge in [-0.15, -0.1) is 11.3 Å². The molecular formula is C26H26N4O5S2. The van der Waals surface area contributed by atoms with Crippen molar-refractivity contribution in [1.29, 1.82) is 5.26 Å². The van der Waals surface area contributed by atoms with Crippen LogP contribution < -0.4 is 5.32 Å². The predicted octanol–water partition coefficient (Wildman–Crippen LogP) is 3.41. The van der Waals surface area contributed by atoms with Gasteiger partial charge in [0.25, 0.3) is 0 Å². The van der Waals surface area contributed by atoms with E-state index in [4.69, 9.17) is 4.74 Å². The molecular weight excluding hydrogens is 512 g/mol. The van der Waals surface area contributed by atoms with Crippen LogP contribution in [0.4, 0.5) is 5.00 Å². The van der Waals surface area contributed by atoms with Crippen LogP contribution in [0.5, 0.6) is 0 Å². The summed E-state index contributed by atoms with van der Waals surface area (Å²) in [5.74, 6) is -0.814. The van der Waals surface area contributed by atoms with E-state index in [1.807, 2.05) is 41.3 Å². The monoisotopic (exact) mass is 538 g/mol. The SMILES string of the molecule is CCOC(=O)c1cc(-c2ccccc2)sc1NC(=O)CN1CCN(S(=O)(=O)c2ccccc2C#N)CC1. The summed E-state index contributed by atoms with van der Waals surface area (Å²) in [5.41, 5.74) is 1.33. The average molecular weight is 539 g/mol. The van der Waals surface area contributed by atoms with Crippen molar-refractivity contribution in [2.75, 3.05) is 44.6 Å². The second-order valence-corrected chi connectivity index (χ2v) is 11.2. The Kier molecular flexibility index (Phi) is 8.35. The summed E-state index contributed by atoms with van der Waals surface area (Å²) >= 11 is 1.30. The maximum Gasteiger partial charge on any atom is 0.341 e. The first-order valence-electron chi connectivity index (χ1n) is 11.7. The van der Waals surface area contributed by atoms with Crippen LogP contribution in [0.2, 0.25) is 0 Å². The van der Waals surface area contributed by atoms with Gasteiger partial charge in [0.15, 0.2) is 0 Å². The van der Waals surface area contributed by atoms with Gasteiger partial charge in [-0.25, -0.2) is 13.2 Å². The quantitative estimate of drug-likeness (QED) is 0.437. The van der Waals surface area contributed by atoms with Gasteiger partial charge in [-0.3, -0.25) is 9.69 Å². The minimum Gasteiger partial charge on any atom is -0.462 e. The predicted molar refractivity (Wildman–Crippen MR) is 141 cm³/mol. The molecule has 1 saturated heterocycles. The van der Waals surface area contributed by atoms with Gasteiger partial charge in [-0.05, 0) is 30.7 Å². The first kappa shape index (κ1) is 26.5. The molecule has 11 heteroatoms. The van der Waals surface area contributed by atoms with E-state index < -0.39 is 16.0 Å². The van der Waals surface area contributed by atoms with E-state index in [0.717, 1.165) is 10.4 Å². The molecule has 1 fully saturated rings. The molecule has 1 aliphatic heterocycles. The molecule has 1 aromatic heterocycles.